The highest BCUT2D eigenvalue weighted by Crippen LogP contribution is 2.34. The number of fused-ring (bicyclic) bond motifs is 3. The lowest BCUT2D eigenvalue weighted by atomic mass is 10.1. The largest absolute Gasteiger partial charge is 0.356 e. The molecule has 176 valence electrons. The van der Waals surface area contributed by atoms with Gasteiger partial charge in [0.25, 0.3) is 5.91 Å². The topological polar surface area (TPSA) is 103 Å². The van der Waals surface area contributed by atoms with Gasteiger partial charge in [-0.25, -0.2) is 9.89 Å². The summed E-state index contributed by atoms with van der Waals surface area (Å²) in [4.78, 5) is 48.6. The normalized spacial score (nSPS) is 16.4. The SMILES string of the molecule is CCCCNC(=O)C[C@@H]1N=C2c3ccccc3N=C(SCC(=O)Nc3cccc(Cl)c3)N2C1=O. The van der Waals surface area contributed by atoms with Crippen molar-refractivity contribution in [3.63, 3.8) is 0 Å². The standard InChI is InChI=1S/C24H24ClN5O3S/c1-2-3-11-26-20(31)13-19-23(33)30-22(28-19)17-9-4-5-10-18(17)29-24(30)34-14-21(32)27-16-8-6-7-15(25)12-16/h4-10,12,19H,2-3,11,13-14H2,1H3,(H,26,31)(H,27,32)/t19-/m0/s1. The molecule has 2 aliphatic heterocycles. The Labute approximate surface area is 206 Å². The predicted molar refractivity (Wildman–Crippen MR) is 136 cm³/mol. The van der Waals surface area contributed by atoms with Gasteiger partial charge in [-0.1, -0.05) is 54.9 Å². The van der Waals surface area contributed by atoms with E-state index in [2.05, 4.69) is 20.6 Å². The second-order valence-corrected chi connectivity index (χ2v) is 9.19. The van der Waals surface area contributed by atoms with E-state index >= 15 is 0 Å². The van der Waals surface area contributed by atoms with Crippen LogP contribution in [0.1, 0.15) is 31.7 Å². The van der Waals surface area contributed by atoms with E-state index < -0.39 is 6.04 Å². The number of nitrogens with zero attached hydrogens (tertiary/aromatic N) is 3. The summed E-state index contributed by atoms with van der Waals surface area (Å²) in [6, 6.07) is 13.4. The number of anilines is 1. The Hall–Kier alpha value is -3.17. The number of hydrogen-bond acceptors (Lipinski definition) is 6. The van der Waals surface area contributed by atoms with Crippen molar-refractivity contribution >= 4 is 63.5 Å². The number of amides is 3. The fraction of sp³-hybridized carbons (Fsp3) is 0.292. The number of thioether (sulfide) groups is 1. The fourth-order valence-electron chi connectivity index (χ4n) is 3.58. The Balaban J connectivity index is 1.49. The first kappa shape index (κ1) is 24.0. The predicted octanol–water partition coefficient (Wildman–Crippen LogP) is 3.98. The van der Waals surface area contributed by atoms with Gasteiger partial charge in [0.1, 0.15) is 11.9 Å². The Bertz CT molecular complexity index is 1180. The van der Waals surface area contributed by atoms with Crippen LogP contribution < -0.4 is 10.6 Å². The van der Waals surface area contributed by atoms with Gasteiger partial charge >= 0.3 is 0 Å². The third-order valence-electron chi connectivity index (χ3n) is 5.22. The van der Waals surface area contributed by atoms with Crippen LogP contribution in [0.25, 0.3) is 0 Å². The Morgan fingerprint density at radius 1 is 1.15 bits per heavy atom. The minimum Gasteiger partial charge on any atom is -0.356 e. The lowest BCUT2D eigenvalue weighted by Gasteiger charge is -2.25. The van der Waals surface area contributed by atoms with E-state index in [-0.39, 0.29) is 29.9 Å². The van der Waals surface area contributed by atoms with Crippen LogP contribution in [-0.4, -0.2) is 52.0 Å². The molecule has 0 radical (unpaired) electrons. The summed E-state index contributed by atoms with van der Waals surface area (Å²) in [6.07, 6.45) is 1.82. The smallest absolute Gasteiger partial charge is 0.259 e. The number of benzene rings is 2. The molecule has 2 aliphatic rings. The molecule has 0 spiro atoms. The maximum atomic E-state index is 13.2. The first-order valence-corrected chi connectivity index (χ1v) is 12.4. The van der Waals surface area contributed by atoms with Gasteiger partial charge in [-0.2, -0.15) is 0 Å². The zero-order chi connectivity index (χ0) is 24.1. The average Bonchev–Trinajstić information content (AvgIpc) is 3.14. The molecule has 4 rings (SSSR count). The third-order valence-corrected chi connectivity index (χ3v) is 6.39. The third kappa shape index (κ3) is 5.48. The van der Waals surface area contributed by atoms with Gasteiger partial charge in [-0.05, 0) is 36.8 Å². The number of unbranched alkanes of at least 4 members (excludes halogenated alkanes) is 1. The van der Waals surface area contributed by atoms with Crippen molar-refractivity contribution < 1.29 is 14.4 Å². The number of rotatable bonds is 8. The summed E-state index contributed by atoms with van der Waals surface area (Å²) in [5.41, 5.74) is 1.97. The molecule has 34 heavy (non-hydrogen) atoms. The summed E-state index contributed by atoms with van der Waals surface area (Å²) in [7, 11) is 0. The van der Waals surface area contributed by atoms with E-state index in [0.717, 1.165) is 30.2 Å². The van der Waals surface area contributed by atoms with E-state index in [9.17, 15) is 14.4 Å². The van der Waals surface area contributed by atoms with Crippen molar-refractivity contribution in [3.05, 3.63) is 59.1 Å². The Morgan fingerprint density at radius 3 is 2.76 bits per heavy atom. The van der Waals surface area contributed by atoms with Crippen LogP contribution in [0.2, 0.25) is 5.02 Å². The zero-order valence-electron chi connectivity index (χ0n) is 18.6. The monoisotopic (exact) mass is 497 g/mol. The minimum atomic E-state index is -0.825. The molecule has 8 nitrogen and oxygen atoms in total. The van der Waals surface area contributed by atoms with Crippen LogP contribution in [-0.2, 0) is 14.4 Å². The van der Waals surface area contributed by atoms with Gasteiger partial charge in [0.05, 0.1) is 17.9 Å². The van der Waals surface area contributed by atoms with Crippen LogP contribution in [0.3, 0.4) is 0 Å². The molecule has 2 aromatic rings. The molecule has 2 heterocycles. The molecule has 0 unspecified atom stereocenters. The van der Waals surface area contributed by atoms with Gasteiger partial charge in [0.2, 0.25) is 11.8 Å². The van der Waals surface area contributed by atoms with Gasteiger partial charge in [0.15, 0.2) is 5.17 Å². The molecule has 0 aliphatic carbocycles. The number of para-hydroxylation sites is 1. The average molecular weight is 498 g/mol. The molecule has 1 atom stereocenters. The molecule has 2 N–H and O–H groups in total. The fourth-order valence-corrected chi connectivity index (χ4v) is 4.57. The molecule has 0 fully saturated rings. The van der Waals surface area contributed by atoms with Crippen molar-refractivity contribution in [1.29, 1.82) is 0 Å². The van der Waals surface area contributed by atoms with Crippen LogP contribution in [0, 0.1) is 0 Å². The van der Waals surface area contributed by atoms with Gasteiger partial charge < -0.3 is 10.6 Å². The van der Waals surface area contributed by atoms with Crippen molar-refractivity contribution in [1.82, 2.24) is 10.2 Å². The highest BCUT2D eigenvalue weighted by atomic mass is 35.5. The van der Waals surface area contributed by atoms with Crippen LogP contribution in [0.15, 0.2) is 58.5 Å². The lowest BCUT2D eigenvalue weighted by molar-refractivity contribution is -0.128. The first-order valence-electron chi connectivity index (χ1n) is 11.0. The maximum Gasteiger partial charge on any atom is 0.259 e. The molecule has 0 bridgehead atoms. The summed E-state index contributed by atoms with van der Waals surface area (Å²) < 4.78 is 0. The van der Waals surface area contributed by atoms with Crippen molar-refractivity contribution in [2.45, 2.75) is 32.2 Å². The van der Waals surface area contributed by atoms with E-state index in [1.165, 1.54) is 4.90 Å². The molecule has 0 saturated carbocycles. The van der Waals surface area contributed by atoms with E-state index in [0.29, 0.717) is 33.9 Å². The minimum absolute atomic E-state index is 0.0298. The van der Waals surface area contributed by atoms with Crippen LogP contribution in [0.4, 0.5) is 11.4 Å². The number of amidine groups is 2. The second-order valence-electron chi connectivity index (χ2n) is 7.81. The summed E-state index contributed by atoms with van der Waals surface area (Å²) in [5.74, 6) is -0.300. The van der Waals surface area contributed by atoms with Gasteiger partial charge in [-0.3, -0.25) is 19.4 Å². The van der Waals surface area contributed by atoms with E-state index in [1.807, 2.05) is 31.2 Å². The maximum absolute atomic E-state index is 13.2. The number of aliphatic imine (C=N–C) groups is 2. The molecular weight excluding hydrogens is 474 g/mol. The van der Waals surface area contributed by atoms with E-state index in [1.54, 1.807) is 24.3 Å². The van der Waals surface area contributed by atoms with Crippen molar-refractivity contribution in [3.8, 4) is 0 Å². The highest BCUT2D eigenvalue weighted by Gasteiger charge is 2.42. The number of hydrogen-bond donors (Lipinski definition) is 2. The summed E-state index contributed by atoms with van der Waals surface area (Å²) in [6.45, 7) is 2.62. The van der Waals surface area contributed by atoms with Gasteiger partial charge in [-0.15, -0.1) is 0 Å². The van der Waals surface area contributed by atoms with Gasteiger partial charge in [0, 0.05) is 22.8 Å². The molecular formula is C24H24ClN5O3S. The van der Waals surface area contributed by atoms with Crippen LogP contribution in [0.5, 0.6) is 0 Å². The first-order chi connectivity index (χ1) is 16.5. The second kappa shape index (κ2) is 10.8. The Morgan fingerprint density at radius 2 is 1.97 bits per heavy atom. The molecule has 0 aromatic heterocycles. The quantitative estimate of drug-likeness (QED) is 0.538. The van der Waals surface area contributed by atoms with E-state index in [4.69, 9.17) is 11.6 Å². The molecule has 10 heteroatoms. The summed E-state index contributed by atoms with van der Waals surface area (Å²) in [5, 5.41) is 6.50. The number of carbonyl (C=O) groups is 3. The summed E-state index contributed by atoms with van der Waals surface area (Å²) >= 11 is 7.11. The highest BCUT2D eigenvalue weighted by molar-refractivity contribution is 8.14. The molecule has 0 saturated heterocycles. The molecule has 3 amide bonds. The van der Waals surface area contributed by atoms with Crippen molar-refractivity contribution in [2.75, 3.05) is 17.6 Å². The zero-order valence-corrected chi connectivity index (χ0v) is 20.2. The lowest BCUT2D eigenvalue weighted by Crippen LogP contribution is -2.42. The number of halogens is 1. The molecule has 2 aromatic carbocycles. The Kier molecular flexibility index (Phi) is 7.64. The number of carbonyl (C=O) groups excluding carboxylic acids is 3. The van der Waals surface area contributed by atoms with Crippen LogP contribution >= 0.6 is 23.4 Å². The number of nitrogens with one attached hydrogen (secondary N) is 2. The van der Waals surface area contributed by atoms with Crippen molar-refractivity contribution in [2.24, 2.45) is 9.98 Å².